The molecule has 0 atom stereocenters. The number of unbranched alkanes of at least 4 members (excludes halogenated alkanes) is 5. The summed E-state index contributed by atoms with van der Waals surface area (Å²) in [6.45, 7) is 2.18. The first-order valence-corrected chi connectivity index (χ1v) is 9.98. The van der Waals surface area contributed by atoms with Crippen LogP contribution in [0.15, 0.2) is 71.5 Å². The summed E-state index contributed by atoms with van der Waals surface area (Å²) in [5.74, 6) is -0.00916. The number of benzene rings is 2. The molecule has 4 heteroatoms. The second kappa shape index (κ2) is 12.5. The summed E-state index contributed by atoms with van der Waals surface area (Å²) in [6.07, 6.45) is 10.5. The van der Waals surface area contributed by atoms with Crippen molar-refractivity contribution in [2.45, 2.75) is 51.9 Å². The maximum Gasteiger partial charge on any atom is 0.303 e. The van der Waals surface area contributed by atoms with Crippen LogP contribution in [0.3, 0.4) is 0 Å². The molecule has 0 aliphatic rings. The fourth-order valence-electron chi connectivity index (χ4n) is 2.86. The Labute approximate surface area is 167 Å². The fraction of sp³-hybridized carbons (Fsp3) is 0.333. The van der Waals surface area contributed by atoms with E-state index in [0.717, 1.165) is 18.4 Å². The Bertz CT molecular complexity index is 780. The van der Waals surface area contributed by atoms with Gasteiger partial charge in [-0.25, -0.2) is 4.98 Å². The van der Waals surface area contributed by atoms with Crippen LogP contribution in [-0.2, 0) is 4.79 Å². The van der Waals surface area contributed by atoms with Gasteiger partial charge in [-0.2, -0.15) is 0 Å². The normalized spacial score (nSPS) is 10.2. The van der Waals surface area contributed by atoms with Gasteiger partial charge in [0, 0.05) is 12.0 Å². The summed E-state index contributed by atoms with van der Waals surface area (Å²) in [6, 6.07) is 18.5. The Kier molecular flexibility index (Phi) is 9.56. The number of nitrogens with zero attached hydrogens (tertiary/aromatic N) is 1. The lowest BCUT2D eigenvalue weighted by Crippen LogP contribution is -1.93. The van der Waals surface area contributed by atoms with E-state index in [4.69, 9.17) is 9.52 Å². The zero-order valence-corrected chi connectivity index (χ0v) is 16.5. The number of carboxylic acid groups (broad SMARTS) is 1. The first-order chi connectivity index (χ1) is 13.7. The Morgan fingerprint density at radius 2 is 1.46 bits per heavy atom. The third kappa shape index (κ3) is 7.78. The number of carboxylic acids is 1. The minimum Gasteiger partial charge on any atom is -0.481 e. The van der Waals surface area contributed by atoms with E-state index in [2.05, 4.69) is 36.2 Å². The standard InChI is InChI=1S/C15H11NO.C9H18O2/c1-2-4-12(5-3-1)13-6-8-14(9-7-13)15-16-10-11-17-15;1-2-3-4-5-6-7-8-9(10)11/h1-11H;2-8H2,1H3,(H,10,11). The molecule has 1 heterocycles. The summed E-state index contributed by atoms with van der Waals surface area (Å²) < 4.78 is 5.25. The van der Waals surface area contributed by atoms with E-state index >= 15 is 0 Å². The van der Waals surface area contributed by atoms with Crippen molar-refractivity contribution in [3.8, 4) is 22.6 Å². The smallest absolute Gasteiger partial charge is 0.303 e. The average molecular weight is 380 g/mol. The Morgan fingerprint density at radius 1 is 0.857 bits per heavy atom. The number of rotatable bonds is 9. The van der Waals surface area contributed by atoms with Crippen LogP contribution in [-0.4, -0.2) is 16.1 Å². The lowest BCUT2D eigenvalue weighted by molar-refractivity contribution is -0.137. The monoisotopic (exact) mass is 379 g/mol. The number of hydrogen-bond donors (Lipinski definition) is 1. The van der Waals surface area contributed by atoms with E-state index in [1.54, 1.807) is 12.5 Å². The van der Waals surface area contributed by atoms with Gasteiger partial charge in [-0.1, -0.05) is 81.5 Å². The van der Waals surface area contributed by atoms with Crippen LogP contribution in [0.4, 0.5) is 0 Å². The van der Waals surface area contributed by atoms with E-state index in [1.807, 2.05) is 30.3 Å². The molecule has 0 saturated carbocycles. The van der Waals surface area contributed by atoms with Gasteiger partial charge in [-0.15, -0.1) is 0 Å². The molecule has 0 aliphatic carbocycles. The molecule has 0 amide bonds. The van der Waals surface area contributed by atoms with Gasteiger partial charge in [0.2, 0.25) is 5.89 Å². The van der Waals surface area contributed by atoms with E-state index in [9.17, 15) is 4.79 Å². The molecule has 1 aromatic heterocycles. The largest absolute Gasteiger partial charge is 0.481 e. The number of aliphatic carboxylic acids is 1. The fourth-order valence-corrected chi connectivity index (χ4v) is 2.86. The highest BCUT2D eigenvalue weighted by molar-refractivity contribution is 5.67. The van der Waals surface area contributed by atoms with Crippen LogP contribution in [0.5, 0.6) is 0 Å². The van der Waals surface area contributed by atoms with E-state index in [1.165, 1.54) is 36.8 Å². The van der Waals surface area contributed by atoms with Crippen molar-refractivity contribution in [1.29, 1.82) is 0 Å². The van der Waals surface area contributed by atoms with Crippen LogP contribution in [0.1, 0.15) is 51.9 Å². The minimum absolute atomic E-state index is 0.339. The van der Waals surface area contributed by atoms with Crippen molar-refractivity contribution < 1.29 is 14.3 Å². The molecule has 0 aliphatic heterocycles. The second-order valence-corrected chi connectivity index (χ2v) is 6.69. The lowest BCUT2D eigenvalue weighted by atomic mass is 10.0. The predicted molar refractivity (Wildman–Crippen MR) is 113 cm³/mol. The minimum atomic E-state index is -0.666. The van der Waals surface area contributed by atoms with Gasteiger partial charge in [0.25, 0.3) is 0 Å². The molecule has 2 aromatic carbocycles. The zero-order valence-electron chi connectivity index (χ0n) is 16.5. The molecule has 0 spiro atoms. The van der Waals surface area contributed by atoms with Crippen molar-refractivity contribution in [3.05, 3.63) is 67.1 Å². The SMILES string of the molecule is CCCCCCCCC(=O)O.c1ccc(-c2ccc(-c3ncco3)cc2)cc1. The van der Waals surface area contributed by atoms with Crippen LogP contribution in [0.25, 0.3) is 22.6 Å². The quantitative estimate of drug-likeness (QED) is 0.414. The summed E-state index contributed by atoms with van der Waals surface area (Å²) in [7, 11) is 0. The summed E-state index contributed by atoms with van der Waals surface area (Å²) in [5.41, 5.74) is 3.40. The second-order valence-electron chi connectivity index (χ2n) is 6.69. The van der Waals surface area contributed by atoms with Crippen LogP contribution in [0.2, 0.25) is 0 Å². The van der Waals surface area contributed by atoms with Gasteiger partial charge >= 0.3 is 5.97 Å². The van der Waals surface area contributed by atoms with Crippen molar-refractivity contribution in [1.82, 2.24) is 4.98 Å². The third-order valence-corrected chi connectivity index (χ3v) is 4.42. The molecule has 28 heavy (non-hydrogen) atoms. The Balaban J connectivity index is 0.000000224. The zero-order chi connectivity index (χ0) is 20.0. The highest BCUT2D eigenvalue weighted by Crippen LogP contribution is 2.23. The number of oxazole rings is 1. The van der Waals surface area contributed by atoms with E-state index in [0.29, 0.717) is 12.3 Å². The highest BCUT2D eigenvalue weighted by Gasteiger charge is 2.02. The molecule has 148 valence electrons. The maximum atomic E-state index is 10.1. The molecular weight excluding hydrogens is 350 g/mol. The molecule has 0 unspecified atom stereocenters. The molecule has 0 bridgehead atoms. The summed E-state index contributed by atoms with van der Waals surface area (Å²) >= 11 is 0. The van der Waals surface area contributed by atoms with Gasteiger partial charge in [0.15, 0.2) is 0 Å². The van der Waals surface area contributed by atoms with Crippen LogP contribution in [0, 0.1) is 0 Å². The maximum absolute atomic E-state index is 10.1. The van der Waals surface area contributed by atoms with E-state index < -0.39 is 5.97 Å². The molecule has 3 aromatic rings. The molecule has 0 saturated heterocycles. The first kappa shape index (κ1) is 21.4. The third-order valence-electron chi connectivity index (χ3n) is 4.42. The summed E-state index contributed by atoms with van der Waals surface area (Å²) in [5, 5.41) is 8.32. The number of hydrogen-bond acceptors (Lipinski definition) is 3. The molecule has 4 nitrogen and oxygen atoms in total. The average Bonchev–Trinajstić information content (AvgIpc) is 3.27. The lowest BCUT2D eigenvalue weighted by Gasteiger charge is -2.02. The van der Waals surface area contributed by atoms with Crippen LogP contribution < -0.4 is 0 Å². The molecule has 1 N–H and O–H groups in total. The van der Waals surface area contributed by atoms with Gasteiger partial charge in [0.1, 0.15) is 6.26 Å². The van der Waals surface area contributed by atoms with Crippen molar-refractivity contribution in [2.75, 3.05) is 0 Å². The molecule has 3 rings (SSSR count). The van der Waals surface area contributed by atoms with Gasteiger partial charge in [0.05, 0.1) is 6.20 Å². The predicted octanol–water partition coefficient (Wildman–Crippen LogP) is 6.83. The van der Waals surface area contributed by atoms with Gasteiger partial charge in [-0.05, 0) is 29.7 Å². The first-order valence-electron chi connectivity index (χ1n) is 9.98. The topological polar surface area (TPSA) is 63.3 Å². The highest BCUT2D eigenvalue weighted by atomic mass is 16.4. The number of carbonyl (C=O) groups is 1. The van der Waals surface area contributed by atoms with Crippen LogP contribution >= 0.6 is 0 Å². The Hall–Kier alpha value is -2.88. The molecule has 0 fully saturated rings. The van der Waals surface area contributed by atoms with Crippen molar-refractivity contribution >= 4 is 5.97 Å². The molecule has 0 radical (unpaired) electrons. The number of aromatic nitrogens is 1. The van der Waals surface area contributed by atoms with Gasteiger partial charge < -0.3 is 9.52 Å². The summed E-state index contributed by atoms with van der Waals surface area (Å²) in [4.78, 5) is 14.2. The van der Waals surface area contributed by atoms with E-state index in [-0.39, 0.29) is 0 Å². The van der Waals surface area contributed by atoms with Crippen molar-refractivity contribution in [2.24, 2.45) is 0 Å². The Morgan fingerprint density at radius 3 is 2.07 bits per heavy atom. The van der Waals surface area contributed by atoms with Crippen molar-refractivity contribution in [3.63, 3.8) is 0 Å². The van der Waals surface area contributed by atoms with Gasteiger partial charge in [-0.3, -0.25) is 4.79 Å². The molecular formula is C24H29NO3.